The fourth-order valence-electron chi connectivity index (χ4n) is 1.21. The first-order valence-electron chi connectivity index (χ1n) is 4.58. The van der Waals surface area contributed by atoms with Crippen LogP contribution >= 0.6 is 0 Å². The Labute approximate surface area is 157 Å². The van der Waals surface area contributed by atoms with Crippen molar-refractivity contribution in [2.45, 2.75) is 30.1 Å². The van der Waals surface area contributed by atoms with Crippen LogP contribution < -0.4 is 59.1 Å². The van der Waals surface area contributed by atoms with E-state index < -0.39 is 31.1 Å². The molecular weight excluding hydrogens is 322 g/mol. The van der Waals surface area contributed by atoms with Gasteiger partial charge in [-0.1, -0.05) is 0 Å². The number of hydrogen-bond acceptors (Lipinski definition) is 8. The molecular formula is C7H14Na2O8S2. The number of hydrogen-bond donors (Lipinski definition) is 0. The summed E-state index contributed by atoms with van der Waals surface area (Å²) in [5, 5.41) is 0. The zero-order valence-electron chi connectivity index (χ0n) is 11.4. The van der Waals surface area contributed by atoms with Crippen molar-refractivity contribution in [1.29, 1.82) is 0 Å². The molecule has 0 N–H and O–H groups in total. The van der Waals surface area contributed by atoms with Crippen molar-refractivity contribution >= 4 is 20.2 Å². The van der Waals surface area contributed by atoms with E-state index in [0.29, 0.717) is 0 Å². The molecule has 0 fully saturated rings. The summed E-state index contributed by atoms with van der Waals surface area (Å²) < 4.78 is 72.6. The summed E-state index contributed by atoms with van der Waals surface area (Å²) in [4.78, 5) is 0. The summed E-state index contributed by atoms with van der Waals surface area (Å²) in [6.45, 7) is 0. The normalized spacial score (nSPS) is 14.9. The second-order valence-corrected chi connectivity index (χ2v) is 6.27. The average Bonchev–Trinajstić information content (AvgIpc) is 2.13. The minimum absolute atomic E-state index is 0. The van der Waals surface area contributed by atoms with Crippen LogP contribution in [0.1, 0.15) is 19.3 Å². The van der Waals surface area contributed by atoms with E-state index in [2.05, 4.69) is 9.47 Å². The van der Waals surface area contributed by atoms with Crippen LogP contribution in [-0.2, 0) is 29.7 Å². The van der Waals surface area contributed by atoms with Crippen LogP contribution in [0, 0.1) is 0 Å². The van der Waals surface area contributed by atoms with Gasteiger partial charge in [0.1, 0.15) is 31.1 Å². The fraction of sp³-hybridized carbons (Fsp3) is 1.00. The maximum Gasteiger partial charge on any atom is 1.00 e. The van der Waals surface area contributed by atoms with Gasteiger partial charge < -0.3 is 18.6 Å². The molecule has 104 valence electrons. The second-order valence-electron chi connectivity index (χ2n) is 3.25. The topological polar surface area (TPSA) is 133 Å². The smallest absolute Gasteiger partial charge is 0.746 e. The van der Waals surface area contributed by atoms with E-state index in [1.807, 2.05) is 0 Å². The second kappa shape index (κ2) is 11.3. The van der Waals surface area contributed by atoms with Gasteiger partial charge in [0.15, 0.2) is 0 Å². The Bertz CT molecular complexity index is 380. The third-order valence-electron chi connectivity index (χ3n) is 2.05. The Kier molecular flexibility index (Phi) is 15.3. The van der Waals surface area contributed by atoms with Gasteiger partial charge in [-0.2, -0.15) is 0 Å². The third-order valence-corrected chi connectivity index (χ3v) is 4.19. The van der Waals surface area contributed by atoms with Crippen molar-refractivity contribution in [3.8, 4) is 0 Å². The van der Waals surface area contributed by atoms with Crippen molar-refractivity contribution in [3.63, 3.8) is 0 Å². The molecule has 0 heterocycles. The van der Waals surface area contributed by atoms with Gasteiger partial charge in [-0.15, -0.1) is 0 Å². The molecule has 0 saturated heterocycles. The standard InChI is InChI=1S/C7H16O8S2.2Na/c1-14-6(16(8,9)10)4-3-5-7(15-2)17(11,12)13;;/h6-7H,3-5H2,1-2H3,(H,8,9,10)(H,11,12,13);;/q;2*+1/p-2. The molecule has 19 heavy (non-hydrogen) atoms. The zero-order valence-corrected chi connectivity index (χ0v) is 17.0. The predicted molar refractivity (Wildman–Crippen MR) is 54.8 cm³/mol. The number of methoxy groups -OCH3 is 2. The van der Waals surface area contributed by atoms with Crippen LogP contribution in [0.25, 0.3) is 0 Å². The Morgan fingerprint density at radius 2 is 1.11 bits per heavy atom. The molecule has 0 rings (SSSR count). The first kappa shape index (κ1) is 25.7. The van der Waals surface area contributed by atoms with Crippen molar-refractivity contribution in [1.82, 2.24) is 0 Å². The van der Waals surface area contributed by atoms with Crippen LogP contribution in [0.2, 0.25) is 0 Å². The van der Waals surface area contributed by atoms with E-state index in [-0.39, 0.29) is 78.4 Å². The molecule has 12 heteroatoms. The summed E-state index contributed by atoms with van der Waals surface area (Å²) in [5.74, 6) is 0. The van der Waals surface area contributed by atoms with Gasteiger partial charge in [0.25, 0.3) is 0 Å². The van der Waals surface area contributed by atoms with Gasteiger partial charge in [-0.3, -0.25) is 0 Å². The Hall–Kier alpha value is 1.74. The summed E-state index contributed by atoms with van der Waals surface area (Å²) in [7, 11) is -7.08. The largest absolute Gasteiger partial charge is 1.00 e. The van der Waals surface area contributed by atoms with Crippen molar-refractivity contribution in [3.05, 3.63) is 0 Å². The first-order chi connectivity index (χ1) is 7.62. The molecule has 0 aromatic carbocycles. The molecule has 8 nitrogen and oxygen atoms in total. The third kappa shape index (κ3) is 11.0. The monoisotopic (exact) mass is 336 g/mol. The van der Waals surface area contributed by atoms with E-state index in [9.17, 15) is 25.9 Å². The molecule has 0 aromatic rings. The summed E-state index contributed by atoms with van der Waals surface area (Å²) in [6, 6.07) is 0. The molecule has 2 unspecified atom stereocenters. The molecule has 0 spiro atoms. The predicted octanol–water partition coefficient (Wildman–Crippen LogP) is -6.80. The minimum atomic E-state index is -4.60. The maximum atomic E-state index is 10.6. The van der Waals surface area contributed by atoms with Gasteiger partial charge in [-0.25, -0.2) is 16.8 Å². The van der Waals surface area contributed by atoms with Crippen molar-refractivity contribution in [2.75, 3.05) is 14.2 Å². The van der Waals surface area contributed by atoms with E-state index in [1.165, 1.54) is 0 Å². The molecule has 0 aromatic heterocycles. The molecule has 0 saturated carbocycles. The van der Waals surface area contributed by atoms with Crippen LogP contribution in [0.3, 0.4) is 0 Å². The summed E-state index contributed by atoms with van der Waals surface area (Å²) in [5.41, 5.74) is -3.09. The van der Waals surface area contributed by atoms with Crippen molar-refractivity contribution in [2.24, 2.45) is 0 Å². The van der Waals surface area contributed by atoms with E-state index in [4.69, 9.17) is 0 Å². The van der Waals surface area contributed by atoms with E-state index >= 15 is 0 Å². The van der Waals surface area contributed by atoms with Gasteiger partial charge in [-0.05, 0) is 19.3 Å². The van der Waals surface area contributed by atoms with Gasteiger partial charge in [0, 0.05) is 14.2 Å². The van der Waals surface area contributed by atoms with Crippen LogP contribution in [0.5, 0.6) is 0 Å². The van der Waals surface area contributed by atoms with E-state index in [0.717, 1.165) is 14.2 Å². The number of rotatable bonds is 8. The zero-order chi connectivity index (χ0) is 13.7. The van der Waals surface area contributed by atoms with Crippen molar-refractivity contribution < 1.29 is 94.5 Å². The van der Waals surface area contributed by atoms with E-state index in [1.54, 1.807) is 0 Å². The molecule has 0 aliphatic carbocycles. The van der Waals surface area contributed by atoms with Crippen LogP contribution in [-0.4, -0.2) is 51.0 Å². The van der Waals surface area contributed by atoms with Gasteiger partial charge in [0.2, 0.25) is 0 Å². The van der Waals surface area contributed by atoms with Crippen LogP contribution in [0.15, 0.2) is 0 Å². The quantitative estimate of drug-likeness (QED) is 0.315. The van der Waals surface area contributed by atoms with Crippen LogP contribution in [0.4, 0.5) is 0 Å². The fourth-order valence-corrected chi connectivity index (χ4v) is 2.59. The SMILES string of the molecule is COC(CCCC(OC)S(=O)(=O)[O-])S(=O)(=O)[O-].[Na+].[Na+]. The molecule has 0 radical (unpaired) electrons. The van der Waals surface area contributed by atoms with Gasteiger partial charge in [0.05, 0.1) is 0 Å². The first-order valence-corrected chi connectivity index (χ1v) is 7.52. The maximum absolute atomic E-state index is 10.6. The average molecular weight is 336 g/mol. The summed E-state index contributed by atoms with van der Waals surface area (Å²) in [6.07, 6.45) is -0.393. The molecule has 0 aliphatic heterocycles. The molecule has 0 aliphatic rings. The molecule has 0 amide bonds. The minimum Gasteiger partial charge on any atom is -0.746 e. The Morgan fingerprint density at radius 3 is 1.26 bits per heavy atom. The van der Waals surface area contributed by atoms with Gasteiger partial charge >= 0.3 is 59.1 Å². The summed E-state index contributed by atoms with van der Waals surface area (Å²) >= 11 is 0. The Morgan fingerprint density at radius 1 is 0.842 bits per heavy atom. The molecule has 2 atom stereocenters. The Balaban J connectivity index is -0.00000128. The molecule has 0 bridgehead atoms. The number of ether oxygens (including phenoxy) is 2.